The van der Waals surface area contributed by atoms with Gasteiger partial charge in [-0.2, -0.15) is 5.26 Å². The Bertz CT molecular complexity index is 610. The van der Waals surface area contributed by atoms with Crippen LogP contribution in [0.2, 0.25) is 0 Å². The maximum Gasteiger partial charge on any atom is 0.136 e. The molecule has 1 aromatic heterocycles. The number of fused-ring (bicyclic) bond motifs is 1. The maximum absolute atomic E-state index is 11.1. The first-order valence-electron chi connectivity index (χ1n) is 5.14. The number of nitriles is 1. The molecular weight excluding hydrogens is 202 g/mol. The standard InChI is InChI=1S/C13H9NO2/c14-8-13(6-11(15)7-13)10-1-2-12-9(5-10)3-4-16-12/h1-5H,6-7H2. The molecular formula is C13H9NO2. The molecule has 0 aliphatic heterocycles. The van der Waals surface area contributed by atoms with Crippen LogP contribution in [0.5, 0.6) is 0 Å². The van der Waals surface area contributed by atoms with Crippen LogP contribution >= 0.6 is 0 Å². The van der Waals surface area contributed by atoms with Crippen molar-refractivity contribution in [3.05, 3.63) is 36.1 Å². The van der Waals surface area contributed by atoms with Crippen LogP contribution in [-0.4, -0.2) is 5.78 Å². The van der Waals surface area contributed by atoms with Crippen LogP contribution in [-0.2, 0) is 10.2 Å². The molecule has 16 heavy (non-hydrogen) atoms. The van der Waals surface area contributed by atoms with Gasteiger partial charge in [-0.1, -0.05) is 6.07 Å². The molecule has 3 heteroatoms. The summed E-state index contributed by atoms with van der Waals surface area (Å²) in [7, 11) is 0. The maximum atomic E-state index is 11.1. The summed E-state index contributed by atoms with van der Waals surface area (Å²) < 4.78 is 5.24. The van der Waals surface area contributed by atoms with Gasteiger partial charge in [0, 0.05) is 18.2 Å². The third-order valence-electron chi connectivity index (χ3n) is 3.22. The van der Waals surface area contributed by atoms with Crippen molar-refractivity contribution in [2.45, 2.75) is 18.3 Å². The zero-order valence-electron chi connectivity index (χ0n) is 8.56. The second-order valence-electron chi connectivity index (χ2n) is 4.26. The lowest BCUT2D eigenvalue weighted by Gasteiger charge is -2.34. The van der Waals surface area contributed by atoms with Gasteiger partial charge in [0.25, 0.3) is 0 Å². The van der Waals surface area contributed by atoms with Gasteiger partial charge in [-0.3, -0.25) is 4.79 Å². The van der Waals surface area contributed by atoms with Gasteiger partial charge < -0.3 is 4.42 Å². The fourth-order valence-corrected chi connectivity index (χ4v) is 2.23. The number of hydrogen-bond donors (Lipinski definition) is 0. The summed E-state index contributed by atoms with van der Waals surface area (Å²) in [6.45, 7) is 0. The van der Waals surface area contributed by atoms with Gasteiger partial charge in [0.1, 0.15) is 11.4 Å². The van der Waals surface area contributed by atoms with Crippen molar-refractivity contribution in [3.63, 3.8) is 0 Å². The predicted octanol–water partition coefficient (Wildman–Crippen LogP) is 2.56. The summed E-state index contributed by atoms with van der Waals surface area (Å²) in [5, 5.41) is 10.2. The Balaban J connectivity index is 2.12. The van der Waals surface area contributed by atoms with Crippen molar-refractivity contribution < 1.29 is 9.21 Å². The summed E-state index contributed by atoms with van der Waals surface area (Å²) >= 11 is 0. The Morgan fingerprint density at radius 2 is 2.12 bits per heavy atom. The van der Waals surface area contributed by atoms with Crippen molar-refractivity contribution in [2.75, 3.05) is 0 Å². The van der Waals surface area contributed by atoms with Crippen LogP contribution in [0.3, 0.4) is 0 Å². The Kier molecular flexibility index (Phi) is 1.69. The molecule has 0 radical (unpaired) electrons. The van der Waals surface area contributed by atoms with Crippen molar-refractivity contribution >= 4 is 16.8 Å². The Morgan fingerprint density at radius 1 is 1.31 bits per heavy atom. The lowest BCUT2D eigenvalue weighted by molar-refractivity contribution is -0.126. The number of benzene rings is 1. The number of ketones is 1. The molecule has 0 bridgehead atoms. The van der Waals surface area contributed by atoms with Crippen molar-refractivity contribution in [1.29, 1.82) is 5.26 Å². The Morgan fingerprint density at radius 3 is 2.81 bits per heavy atom. The van der Waals surface area contributed by atoms with E-state index < -0.39 is 5.41 Å². The first-order valence-corrected chi connectivity index (χ1v) is 5.14. The Labute approximate surface area is 92.3 Å². The van der Waals surface area contributed by atoms with Crippen molar-refractivity contribution in [3.8, 4) is 6.07 Å². The van der Waals surface area contributed by atoms with E-state index in [0.29, 0.717) is 12.8 Å². The third kappa shape index (κ3) is 1.10. The SMILES string of the molecule is N#CC1(c2ccc3occc3c2)CC(=O)C1. The molecule has 0 N–H and O–H groups in total. The minimum absolute atomic E-state index is 0.161. The summed E-state index contributed by atoms with van der Waals surface area (Å²) in [5.74, 6) is 0.161. The van der Waals surface area contributed by atoms with Crippen molar-refractivity contribution in [1.82, 2.24) is 0 Å². The first-order chi connectivity index (χ1) is 7.73. The van der Waals surface area contributed by atoms with E-state index in [0.717, 1.165) is 16.5 Å². The predicted molar refractivity (Wildman–Crippen MR) is 57.7 cm³/mol. The molecule has 3 rings (SSSR count). The normalized spacial score (nSPS) is 18.1. The molecule has 3 nitrogen and oxygen atoms in total. The van der Waals surface area contributed by atoms with Gasteiger partial charge in [-0.05, 0) is 23.8 Å². The molecule has 1 aromatic carbocycles. The van der Waals surface area contributed by atoms with E-state index in [1.807, 2.05) is 24.3 Å². The molecule has 2 aromatic rings. The molecule has 78 valence electrons. The average molecular weight is 211 g/mol. The van der Waals surface area contributed by atoms with Gasteiger partial charge in [-0.25, -0.2) is 0 Å². The molecule has 1 aliphatic carbocycles. The largest absolute Gasteiger partial charge is 0.464 e. The number of carbonyl (C=O) groups is 1. The molecule has 0 atom stereocenters. The summed E-state index contributed by atoms with van der Waals surface area (Å²) in [6.07, 6.45) is 2.30. The number of rotatable bonds is 1. The second kappa shape index (κ2) is 2.96. The van der Waals surface area contributed by atoms with E-state index in [1.54, 1.807) is 6.26 Å². The van der Waals surface area contributed by atoms with E-state index in [-0.39, 0.29) is 5.78 Å². The fourth-order valence-electron chi connectivity index (χ4n) is 2.23. The summed E-state index contributed by atoms with van der Waals surface area (Å²) in [4.78, 5) is 11.1. The third-order valence-corrected chi connectivity index (χ3v) is 3.22. The molecule has 0 unspecified atom stereocenters. The molecule has 0 spiro atoms. The van der Waals surface area contributed by atoms with Crippen LogP contribution in [0.25, 0.3) is 11.0 Å². The number of hydrogen-bond acceptors (Lipinski definition) is 3. The summed E-state index contributed by atoms with van der Waals surface area (Å²) in [6, 6.07) is 9.80. The van der Waals surface area contributed by atoms with E-state index in [2.05, 4.69) is 6.07 Å². The number of carbonyl (C=O) groups excluding carboxylic acids is 1. The molecule has 0 amide bonds. The van der Waals surface area contributed by atoms with Gasteiger partial charge in [-0.15, -0.1) is 0 Å². The van der Waals surface area contributed by atoms with Crippen LogP contribution in [0.4, 0.5) is 0 Å². The van der Waals surface area contributed by atoms with E-state index >= 15 is 0 Å². The first kappa shape index (κ1) is 9.17. The van der Waals surface area contributed by atoms with Gasteiger partial charge in [0.15, 0.2) is 0 Å². The number of nitrogens with zero attached hydrogens (tertiary/aromatic N) is 1. The highest BCUT2D eigenvalue weighted by atomic mass is 16.3. The highest BCUT2D eigenvalue weighted by Gasteiger charge is 2.45. The van der Waals surface area contributed by atoms with Gasteiger partial charge >= 0.3 is 0 Å². The monoisotopic (exact) mass is 211 g/mol. The lowest BCUT2D eigenvalue weighted by Crippen LogP contribution is -2.40. The minimum atomic E-state index is -0.595. The second-order valence-corrected chi connectivity index (χ2v) is 4.26. The molecule has 1 saturated carbocycles. The zero-order chi connectivity index (χ0) is 11.2. The highest BCUT2D eigenvalue weighted by molar-refractivity contribution is 5.91. The number of Topliss-reactive ketones (excluding diaryl/α,β-unsaturated/α-hetero) is 1. The smallest absolute Gasteiger partial charge is 0.136 e. The number of furan rings is 1. The Hall–Kier alpha value is -2.08. The zero-order valence-corrected chi connectivity index (χ0v) is 8.56. The van der Waals surface area contributed by atoms with E-state index in [4.69, 9.17) is 4.42 Å². The molecule has 1 aliphatic rings. The lowest BCUT2D eigenvalue weighted by atomic mass is 9.64. The minimum Gasteiger partial charge on any atom is -0.464 e. The average Bonchev–Trinajstić information content (AvgIpc) is 2.71. The highest BCUT2D eigenvalue weighted by Crippen LogP contribution is 2.41. The van der Waals surface area contributed by atoms with Crippen LogP contribution in [0, 0.1) is 11.3 Å². The van der Waals surface area contributed by atoms with Crippen molar-refractivity contribution in [2.24, 2.45) is 0 Å². The molecule has 1 heterocycles. The fraction of sp³-hybridized carbons (Fsp3) is 0.231. The molecule has 0 saturated heterocycles. The van der Waals surface area contributed by atoms with Crippen LogP contribution in [0.1, 0.15) is 18.4 Å². The quantitative estimate of drug-likeness (QED) is 0.728. The summed E-state index contributed by atoms with van der Waals surface area (Å²) in [5.41, 5.74) is 1.13. The van der Waals surface area contributed by atoms with Gasteiger partial charge in [0.05, 0.1) is 17.7 Å². The van der Waals surface area contributed by atoms with Crippen LogP contribution < -0.4 is 0 Å². The van der Waals surface area contributed by atoms with Crippen LogP contribution in [0.15, 0.2) is 34.9 Å². The topological polar surface area (TPSA) is 54.0 Å². The van der Waals surface area contributed by atoms with E-state index in [1.165, 1.54) is 0 Å². The molecule has 1 fully saturated rings. The van der Waals surface area contributed by atoms with E-state index in [9.17, 15) is 10.1 Å². The van der Waals surface area contributed by atoms with Gasteiger partial charge in [0.2, 0.25) is 0 Å².